The minimum Gasteiger partial charge on any atom is -0.478 e. The molecule has 0 bridgehead atoms. The highest BCUT2D eigenvalue weighted by Gasteiger charge is 2.35. The van der Waals surface area contributed by atoms with Gasteiger partial charge in [0, 0.05) is 66.8 Å². The van der Waals surface area contributed by atoms with Crippen LogP contribution >= 0.6 is 0 Å². The van der Waals surface area contributed by atoms with Crippen molar-refractivity contribution in [3.63, 3.8) is 0 Å². The standard InChI is InChI=1S/C47H61N3O3/c1-7-10-23-48-29-35-26-40(17-20-43(35)51-32-48)46(4,5)38-13-15-39(16-14-38)47(6,41-18-21-44-36(27-41)30-49(33-52-44)24-11-8-2)42-19-22-45-37(28-42)31-50(34-53-45)25-12-9-3/h13-22,26-28H,7-12,23-25,29-34H2,1-6H3. The third-order valence-corrected chi connectivity index (χ3v) is 12.1. The van der Waals surface area contributed by atoms with Gasteiger partial charge in [0.2, 0.25) is 0 Å². The molecule has 0 aromatic heterocycles. The van der Waals surface area contributed by atoms with Crippen LogP contribution in [0.4, 0.5) is 0 Å². The van der Waals surface area contributed by atoms with E-state index in [0.29, 0.717) is 20.2 Å². The molecular formula is C47H61N3O3. The molecule has 0 N–H and O–H groups in total. The van der Waals surface area contributed by atoms with E-state index in [4.69, 9.17) is 14.2 Å². The van der Waals surface area contributed by atoms with Crippen LogP contribution in [-0.2, 0) is 30.5 Å². The van der Waals surface area contributed by atoms with Gasteiger partial charge in [-0.2, -0.15) is 0 Å². The smallest absolute Gasteiger partial charge is 0.142 e. The van der Waals surface area contributed by atoms with Crippen molar-refractivity contribution in [2.24, 2.45) is 0 Å². The minimum atomic E-state index is -0.394. The molecule has 6 nitrogen and oxygen atoms in total. The monoisotopic (exact) mass is 715 g/mol. The number of hydrogen-bond donors (Lipinski definition) is 0. The number of benzene rings is 4. The molecule has 7 rings (SSSR count). The van der Waals surface area contributed by atoms with Gasteiger partial charge in [0.1, 0.15) is 37.4 Å². The second-order valence-corrected chi connectivity index (χ2v) is 16.3. The second-order valence-electron chi connectivity index (χ2n) is 16.3. The lowest BCUT2D eigenvalue weighted by Crippen LogP contribution is -2.34. The first-order valence-electron chi connectivity index (χ1n) is 20.3. The molecule has 0 fully saturated rings. The molecule has 0 atom stereocenters. The zero-order chi connectivity index (χ0) is 37.0. The Balaban J connectivity index is 1.24. The lowest BCUT2D eigenvalue weighted by molar-refractivity contribution is 0.0938. The van der Waals surface area contributed by atoms with Gasteiger partial charge in [-0.15, -0.1) is 0 Å². The van der Waals surface area contributed by atoms with Crippen molar-refractivity contribution in [1.82, 2.24) is 14.7 Å². The summed E-state index contributed by atoms with van der Waals surface area (Å²) in [4.78, 5) is 7.28. The van der Waals surface area contributed by atoms with E-state index in [-0.39, 0.29) is 5.41 Å². The minimum absolute atomic E-state index is 0.175. The zero-order valence-corrected chi connectivity index (χ0v) is 33.2. The summed E-state index contributed by atoms with van der Waals surface area (Å²) in [6.45, 7) is 21.8. The Morgan fingerprint density at radius 3 is 1.19 bits per heavy atom. The van der Waals surface area contributed by atoms with E-state index in [1.165, 1.54) is 83.0 Å². The summed E-state index contributed by atoms with van der Waals surface area (Å²) in [5.74, 6) is 3.04. The van der Waals surface area contributed by atoms with Crippen LogP contribution in [0.15, 0.2) is 78.9 Å². The van der Waals surface area contributed by atoms with Crippen LogP contribution in [0.2, 0.25) is 0 Å². The van der Waals surface area contributed by atoms with Crippen molar-refractivity contribution in [1.29, 1.82) is 0 Å². The molecule has 0 saturated heterocycles. The zero-order valence-electron chi connectivity index (χ0n) is 33.2. The van der Waals surface area contributed by atoms with E-state index in [2.05, 4.69) is 135 Å². The van der Waals surface area contributed by atoms with Crippen LogP contribution in [0.25, 0.3) is 0 Å². The molecule has 6 heteroatoms. The van der Waals surface area contributed by atoms with E-state index >= 15 is 0 Å². The predicted molar refractivity (Wildman–Crippen MR) is 216 cm³/mol. The number of ether oxygens (including phenoxy) is 3. The Hall–Kier alpha value is -3.84. The summed E-state index contributed by atoms with van der Waals surface area (Å²) in [6.07, 6.45) is 7.13. The number of rotatable bonds is 14. The van der Waals surface area contributed by atoms with Crippen LogP contribution in [0.3, 0.4) is 0 Å². The Morgan fingerprint density at radius 1 is 0.453 bits per heavy atom. The lowest BCUT2D eigenvalue weighted by Gasteiger charge is -2.36. The fourth-order valence-electron chi connectivity index (χ4n) is 8.35. The molecule has 3 aliphatic heterocycles. The van der Waals surface area contributed by atoms with Gasteiger partial charge in [-0.3, -0.25) is 14.7 Å². The van der Waals surface area contributed by atoms with Gasteiger partial charge in [-0.1, -0.05) is 96.3 Å². The molecule has 53 heavy (non-hydrogen) atoms. The molecule has 0 unspecified atom stereocenters. The van der Waals surface area contributed by atoms with Crippen molar-refractivity contribution in [3.8, 4) is 17.2 Å². The molecule has 3 aliphatic rings. The maximum absolute atomic E-state index is 6.28. The summed E-state index contributed by atoms with van der Waals surface area (Å²) >= 11 is 0. The molecule has 3 heterocycles. The number of unbranched alkanes of at least 4 members (excludes halogenated alkanes) is 3. The summed E-state index contributed by atoms with van der Waals surface area (Å²) < 4.78 is 18.7. The maximum Gasteiger partial charge on any atom is 0.142 e. The van der Waals surface area contributed by atoms with Crippen LogP contribution in [0, 0.1) is 0 Å². The van der Waals surface area contributed by atoms with Gasteiger partial charge < -0.3 is 14.2 Å². The average Bonchev–Trinajstić information content (AvgIpc) is 3.20. The number of nitrogens with zero attached hydrogens (tertiary/aromatic N) is 3. The highest BCUT2D eigenvalue weighted by molar-refractivity contribution is 5.56. The summed E-state index contributed by atoms with van der Waals surface area (Å²) in [7, 11) is 0. The highest BCUT2D eigenvalue weighted by atomic mass is 16.5. The number of hydrogen-bond acceptors (Lipinski definition) is 6. The third-order valence-electron chi connectivity index (χ3n) is 12.1. The van der Waals surface area contributed by atoms with Gasteiger partial charge in [-0.25, -0.2) is 0 Å². The Labute approximate surface area is 319 Å². The third kappa shape index (κ3) is 7.87. The van der Waals surface area contributed by atoms with Crippen LogP contribution in [0.1, 0.15) is 125 Å². The molecule has 0 aliphatic carbocycles. The highest BCUT2D eigenvalue weighted by Crippen LogP contribution is 2.44. The van der Waals surface area contributed by atoms with E-state index in [1.807, 2.05) is 0 Å². The Bertz CT molecular complexity index is 1780. The predicted octanol–water partition coefficient (Wildman–Crippen LogP) is 10.2. The molecular weight excluding hydrogens is 655 g/mol. The normalized spacial score (nSPS) is 16.6. The van der Waals surface area contributed by atoms with Crippen molar-refractivity contribution in [3.05, 3.63) is 123 Å². The summed E-state index contributed by atoms with van der Waals surface area (Å²) in [5, 5.41) is 0. The van der Waals surface area contributed by atoms with Gasteiger partial charge in [0.25, 0.3) is 0 Å². The summed E-state index contributed by atoms with van der Waals surface area (Å²) in [5.41, 5.74) is 9.73. The van der Waals surface area contributed by atoms with Crippen molar-refractivity contribution < 1.29 is 14.2 Å². The Morgan fingerprint density at radius 2 is 0.792 bits per heavy atom. The van der Waals surface area contributed by atoms with Crippen molar-refractivity contribution in [2.75, 3.05) is 39.8 Å². The molecule has 4 aromatic carbocycles. The lowest BCUT2D eigenvalue weighted by atomic mass is 9.69. The SMILES string of the molecule is CCCCN1COc2ccc(C(C)(C)c3ccc(C(C)(c4ccc5c(c4)CN(CCCC)CO5)c4ccc5c(c4)CN(CCCC)CO5)cc3)cc2C1. The van der Waals surface area contributed by atoms with Crippen LogP contribution < -0.4 is 14.2 Å². The van der Waals surface area contributed by atoms with Gasteiger partial charge in [-0.05, 0) is 90.4 Å². The van der Waals surface area contributed by atoms with E-state index in [9.17, 15) is 0 Å². The summed E-state index contributed by atoms with van der Waals surface area (Å²) in [6, 6.07) is 30.1. The first-order valence-corrected chi connectivity index (χ1v) is 20.3. The van der Waals surface area contributed by atoms with E-state index < -0.39 is 5.41 Å². The van der Waals surface area contributed by atoms with Crippen molar-refractivity contribution >= 4 is 0 Å². The van der Waals surface area contributed by atoms with E-state index in [0.717, 1.165) is 56.5 Å². The molecule has 0 radical (unpaired) electrons. The topological polar surface area (TPSA) is 37.4 Å². The van der Waals surface area contributed by atoms with E-state index in [1.54, 1.807) is 0 Å². The average molecular weight is 716 g/mol. The maximum atomic E-state index is 6.28. The van der Waals surface area contributed by atoms with Crippen LogP contribution in [0.5, 0.6) is 17.2 Å². The van der Waals surface area contributed by atoms with Gasteiger partial charge in [0.15, 0.2) is 0 Å². The molecule has 0 saturated carbocycles. The molecule has 0 spiro atoms. The molecule has 4 aromatic rings. The quantitative estimate of drug-likeness (QED) is 0.121. The van der Waals surface area contributed by atoms with Gasteiger partial charge in [0.05, 0.1) is 0 Å². The largest absolute Gasteiger partial charge is 0.478 e. The number of fused-ring (bicyclic) bond motifs is 3. The first-order chi connectivity index (χ1) is 25.7. The van der Waals surface area contributed by atoms with Gasteiger partial charge >= 0.3 is 0 Å². The van der Waals surface area contributed by atoms with Crippen molar-refractivity contribution in [2.45, 2.75) is 111 Å². The Kier molecular flexibility index (Phi) is 11.5. The van der Waals surface area contributed by atoms with Crippen LogP contribution in [-0.4, -0.2) is 54.5 Å². The fourth-order valence-corrected chi connectivity index (χ4v) is 8.35. The molecule has 0 amide bonds. The second kappa shape index (κ2) is 16.3. The molecule has 282 valence electrons. The first kappa shape index (κ1) is 37.5. The fraction of sp³-hybridized carbons (Fsp3) is 0.489.